The summed E-state index contributed by atoms with van der Waals surface area (Å²) in [5, 5.41) is 18.0. The molecule has 4 rings (SSSR count). The molecule has 2 heterocycles. The van der Waals surface area contributed by atoms with Gasteiger partial charge in [-0.3, -0.25) is 10.1 Å². The number of nitrogens with one attached hydrogen (secondary N) is 2. The number of nitro groups is 1. The third-order valence-corrected chi connectivity index (χ3v) is 4.50. The second-order valence-corrected chi connectivity index (χ2v) is 6.73. The molecule has 2 aromatic carbocycles. The number of non-ortho nitro benzene ring substituents is 1. The maximum atomic E-state index is 13.0. The summed E-state index contributed by atoms with van der Waals surface area (Å²) in [4.78, 5) is 25.5. The Morgan fingerprint density at radius 1 is 1.03 bits per heavy atom. The molecule has 0 bridgehead atoms. The summed E-state index contributed by atoms with van der Waals surface area (Å²) >= 11 is 0. The number of benzene rings is 2. The SMILES string of the molecule is O=[N+]([O-])c1ccc(Nc2nc(NN=Cc3ccc(F)cc3)nc(N3CCOCC3)n2)cc1. The van der Waals surface area contributed by atoms with E-state index in [0.29, 0.717) is 43.5 Å². The highest BCUT2D eigenvalue weighted by atomic mass is 19.1. The fraction of sp³-hybridized carbons (Fsp3) is 0.200. The van der Waals surface area contributed by atoms with Gasteiger partial charge in [0.05, 0.1) is 24.4 Å². The van der Waals surface area contributed by atoms with Crippen molar-refractivity contribution in [2.24, 2.45) is 5.10 Å². The van der Waals surface area contributed by atoms with Crippen LogP contribution in [0.5, 0.6) is 0 Å². The van der Waals surface area contributed by atoms with E-state index in [-0.39, 0.29) is 23.4 Å². The lowest BCUT2D eigenvalue weighted by atomic mass is 10.2. The quantitative estimate of drug-likeness (QED) is 0.325. The van der Waals surface area contributed by atoms with Gasteiger partial charge in [-0.1, -0.05) is 12.1 Å². The Kier molecular flexibility index (Phi) is 6.41. The van der Waals surface area contributed by atoms with Crippen molar-refractivity contribution >= 4 is 35.4 Å². The molecule has 1 aliphatic rings. The van der Waals surface area contributed by atoms with Crippen LogP contribution in [-0.2, 0) is 4.74 Å². The molecule has 2 N–H and O–H groups in total. The minimum absolute atomic E-state index is 0.0160. The summed E-state index contributed by atoms with van der Waals surface area (Å²) in [7, 11) is 0. The van der Waals surface area contributed by atoms with Gasteiger partial charge in [-0.05, 0) is 29.8 Å². The minimum Gasteiger partial charge on any atom is -0.378 e. The topological polar surface area (TPSA) is 131 Å². The summed E-state index contributed by atoms with van der Waals surface area (Å²) in [6, 6.07) is 11.8. The standard InChI is InChI=1S/C20H19FN8O3/c21-15-3-1-14(2-4-15)13-22-27-19-24-18(23-16-5-7-17(8-6-16)29(30)31)25-20(26-19)28-9-11-32-12-10-28/h1-8,13H,9-12H2,(H2,23,24,25,26,27). The van der Waals surface area contributed by atoms with Gasteiger partial charge in [0, 0.05) is 30.9 Å². The first kappa shape index (κ1) is 21.1. The monoisotopic (exact) mass is 438 g/mol. The first-order valence-corrected chi connectivity index (χ1v) is 9.72. The molecule has 32 heavy (non-hydrogen) atoms. The maximum Gasteiger partial charge on any atom is 0.269 e. The number of anilines is 4. The number of hydrogen-bond donors (Lipinski definition) is 2. The predicted octanol–water partition coefficient (Wildman–Crippen LogP) is 2.95. The first-order chi connectivity index (χ1) is 15.6. The van der Waals surface area contributed by atoms with Crippen molar-refractivity contribution in [1.82, 2.24) is 15.0 Å². The van der Waals surface area contributed by atoms with Gasteiger partial charge in [-0.25, -0.2) is 9.82 Å². The molecule has 164 valence electrons. The molecule has 0 spiro atoms. The van der Waals surface area contributed by atoms with Crippen molar-refractivity contribution in [2.45, 2.75) is 0 Å². The van der Waals surface area contributed by atoms with Crippen molar-refractivity contribution < 1.29 is 14.1 Å². The van der Waals surface area contributed by atoms with Crippen molar-refractivity contribution in [1.29, 1.82) is 0 Å². The van der Waals surface area contributed by atoms with Crippen LogP contribution in [0.15, 0.2) is 53.6 Å². The van der Waals surface area contributed by atoms with Crippen LogP contribution in [0.4, 0.5) is 33.6 Å². The largest absolute Gasteiger partial charge is 0.378 e. The molecule has 1 saturated heterocycles. The van der Waals surface area contributed by atoms with Crippen molar-refractivity contribution in [2.75, 3.05) is 41.9 Å². The molecule has 11 nitrogen and oxygen atoms in total. The van der Waals surface area contributed by atoms with Crippen LogP contribution in [0, 0.1) is 15.9 Å². The predicted molar refractivity (Wildman–Crippen MR) is 117 cm³/mol. The fourth-order valence-electron chi connectivity index (χ4n) is 2.88. The van der Waals surface area contributed by atoms with E-state index in [1.807, 2.05) is 4.90 Å². The maximum absolute atomic E-state index is 13.0. The summed E-state index contributed by atoms with van der Waals surface area (Å²) in [6.07, 6.45) is 1.51. The van der Waals surface area contributed by atoms with Gasteiger partial charge in [0.2, 0.25) is 17.8 Å². The number of ether oxygens (including phenoxy) is 1. The third kappa shape index (κ3) is 5.49. The summed E-state index contributed by atoms with van der Waals surface area (Å²) < 4.78 is 18.4. The van der Waals surface area contributed by atoms with E-state index in [0.717, 1.165) is 0 Å². The number of hydrogen-bond acceptors (Lipinski definition) is 10. The van der Waals surface area contributed by atoms with Crippen molar-refractivity contribution in [3.05, 3.63) is 70.0 Å². The van der Waals surface area contributed by atoms with Crippen LogP contribution in [-0.4, -0.2) is 52.4 Å². The second-order valence-electron chi connectivity index (χ2n) is 6.73. The molecule has 0 atom stereocenters. The molecule has 0 unspecified atom stereocenters. The lowest BCUT2D eigenvalue weighted by Crippen LogP contribution is -2.37. The number of nitrogens with zero attached hydrogens (tertiary/aromatic N) is 6. The smallest absolute Gasteiger partial charge is 0.269 e. The number of morpholine rings is 1. The van der Waals surface area contributed by atoms with E-state index in [1.54, 1.807) is 24.3 Å². The Morgan fingerprint density at radius 2 is 1.72 bits per heavy atom. The minimum atomic E-state index is -0.468. The number of halogens is 1. The Balaban J connectivity index is 1.55. The van der Waals surface area contributed by atoms with E-state index < -0.39 is 4.92 Å². The van der Waals surface area contributed by atoms with Gasteiger partial charge in [-0.2, -0.15) is 20.1 Å². The van der Waals surface area contributed by atoms with Gasteiger partial charge in [0.15, 0.2) is 0 Å². The third-order valence-electron chi connectivity index (χ3n) is 4.50. The molecule has 1 fully saturated rings. The van der Waals surface area contributed by atoms with Crippen LogP contribution < -0.4 is 15.6 Å². The van der Waals surface area contributed by atoms with Crippen molar-refractivity contribution in [3.8, 4) is 0 Å². The Hall–Kier alpha value is -4.19. The number of nitro benzene ring substituents is 1. The number of rotatable bonds is 7. The Morgan fingerprint density at radius 3 is 2.41 bits per heavy atom. The zero-order valence-electron chi connectivity index (χ0n) is 16.8. The van der Waals surface area contributed by atoms with Gasteiger partial charge < -0.3 is 15.0 Å². The molecule has 3 aromatic rings. The molecular formula is C20H19FN8O3. The zero-order chi connectivity index (χ0) is 22.3. The highest BCUT2D eigenvalue weighted by Gasteiger charge is 2.17. The van der Waals surface area contributed by atoms with E-state index in [1.165, 1.54) is 30.5 Å². The average Bonchev–Trinajstić information content (AvgIpc) is 2.81. The second kappa shape index (κ2) is 9.75. The van der Waals surface area contributed by atoms with Crippen molar-refractivity contribution in [3.63, 3.8) is 0 Å². The molecule has 1 aliphatic heterocycles. The van der Waals surface area contributed by atoms with Crippen LogP contribution in [0.1, 0.15) is 5.56 Å². The molecule has 0 radical (unpaired) electrons. The molecule has 0 aliphatic carbocycles. The van der Waals surface area contributed by atoms with Gasteiger partial charge in [0.25, 0.3) is 5.69 Å². The lowest BCUT2D eigenvalue weighted by Gasteiger charge is -2.27. The van der Waals surface area contributed by atoms with Gasteiger partial charge in [0.1, 0.15) is 5.82 Å². The normalized spacial score (nSPS) is 13.8. The fourth-order valence-corrected chi connectivity index (χ4v) is 2.88. The van der Waals surface area contributed by atoms with Crippen LogP contribution >= 0.6 is 0 Å². The summed E-state index contributed by atoms with van der Waals surface area (Å²) in [5.41, 5.74) is 4.03. The number of aromatic nitrogens is 3. The van der Waals surface area contributed by atoms with E-state index >= 15 is 0 Å². The van der Waals surface area contributed by atoms with Crippen LogP contribution in [0.2, 0.25) is 0 Å². The highest BCUT2D eigenvalue weighted by Crippen LogP contribution is 2.21. The van der Waals surface area contributed by atoms with E-state index in [2.05, 4.69) is 30.8 Å². The molecule has 1 aromatic heterocycles. The average molecular weight is 438 g/mol. The highest BCUT2D eigenvalue weighted by molar-refractivity contribution is 5.79. The van der Waals surface area contributed by atoms with Gasteiger partial charge >= 0.3 is 0 Å². The van der Waals surface area contributed by atoms with Crippen LogP contribution in [0.25, 0.3) is 0 Å². The number of hydrazone groups is 1. The zero-order valence-corrected chi connectivity index (χ0v) is 16.8. The molecular weight excluding hydrogens is 419 g/mol. The van der Waals surface area contributed by atoms with E-state index in [9.17, 15) is 14.5 Å². The molecule has 12 heteroatoms. The van der Waals surface area contributed by atoms with E-state index in [4.69, 9.17) is 4.74 Å². The van der Waals surface area contributed by atoms with Gasteiger partial charge in [-0.15, -0.1) is 0 Å². The van der Waals surface area contributed by atoms with Crippen LogP contribution in [0.3, 0.4) is 0 Å². The summed E-state index contributed by atoms with van der Waals surface area (Å²) in [6.45, 7) is 2.36. The Bertz CT molecular complexity index is 1100. The molecule has 0 amide bonds. The summed E-state index contributed by atoms with van der Waals surface area (Å²) in [5.74, 6) is 0.552. The lowest BCUT2D eigenvalue weighted by molar-refractivity contribution is -0.384. The Labute approximate surface area is 182 Å². The first-order valence-electron chi connectivity index (χ1n) is 9.72. The molecule has 0 saturated carbocycles.